The lowest BCUT2D eigenvalue weighted by Crippen LogP contribution is -2.37. The van der Waals surface area contributed by atoms with Crippen LogP contribution < -0.4 is 0 Å². The zero-order valence-electron chi connectivity index (χ0n) is 8.60. The van der Waals surface area contributed by atoms with Crippen molar-refractivity contribution in [3.63, 3.8) is 0 Å². The molecule has 0 amide bonds. The first-order valence-corrected chi connectivity index (χ1v) is 8.61. The highest BCUT2D eigenvalue weighted by molar-refractivity contribution is 14.1. The lowest BCUT2D eigenvalue weighted by Gasteiger charge is -2.25. The predicted octanol–water partition coefficient (Wildman–Crippen LogP) is 2.03. The number of hydrogen-bond acceptors (Lipinski definition) is 3. The van der Waals surface area contributed by atoms with Gasteiger partial charge in [-0.1, -0.05) is 0 Å². The Morgan fingerprint density at radius 2 is 1.69 bits per heavy atom. The summed E-state index contributed by atoms with van der Waals surface area (Å²) in [6.45, 7) is 1.25. The largest absolute Gasteiger partial charge is 0.243 e. The summed E-state index contributed by atoms with van der Waals surface area (Å²) >= 11 is 3.97. The Bertz CT molecular complexity index is 452. The first kappa shape index (κ1) is 12.7. The van der Waals surface area contributed by atoms with Gasteiger partial charge < -0.3 is 0 Å². The Morgan fingerprint density at radius 3 is 2.25 bits per heavy atom. The molecule has 1 heterocycles. The van der Waals surface area contributed by atoms with E-state index in [4.69, 9.17) is 0 Å². The van der Waals surface area contributed by atoms with Gasteiger partial charge in [0.05, 0.1) is 4.90 Å². The molecule has 0 saturated carbocycles. The van der Waals surface area contributed by atoms with E-state index in [9.17, 15) is 8.42 Å². The molecule has 1 saturated heterocycles. The van der Waals surface area contributed by atoms with Crippen LogP contribution in [0.2, 0.25) is 0 Å². The minimum atomic E-state index is -3.26. The Hall–Kier alpha value is 0.210. The average molecular weight is 369 g/mol. The van der Waals surface area contributed by atoms with E-state index in [-0.39, 0.29) is 0 Å². The monoisotopic (exact) mass is 369 g/mol. The molecule has 3 nitrogen and oxygen atoms in total. The van der Waals surface area contributed by atoms with Gasteiger partial charge in [-0.05, 0) is 46.9 Å². The molecule has 88 valence electrons. The topological polar surface area (TPSA) is 37.4 Å². The van der Waals surface area contributed by atoms with Crippen LogP contribution in [0.15, 0.2) is 29.2 Å². The second kappa shape index (κ2) is 5.24. The van der Waals surface area contributed by atoms with Crippen molar-refractivity contribution in [3.05, 3.63) is 27.8 Å². The minimum absolute atomic E-state index is 0.403. The number of hydrogen-bond donors (Lipinski definition) is 0. The number of rotatable bonds is 2. The molecule has 1 aromatic rings. The van der Waals surface area contributed by atoms with Crippen LogP contribution in [0.4, 0.5) is 0 Å². The van der Waals surface area contributed by atoms with Gasteiger partial charge in [0.25, 0.3) is 0 Å². The molecule has 0 N–H and O–H groups in total. The van der Waals surface area contributed by atoms with Gasteiger partial charge >= 0.3 is 0 Å². The summed E-state index contributed by atoms with van der Waals surface area (Å²) in [6, 6.07) is 7.01. The van der Waals surface area contributed by atoms with E-state index in [0.717, 1.165) is 15.1 Å². The summed E-state index contributed by atoms with van der Waals surface area (Å²) in [6.07, 6.45) is 0. The summed E-state index contributed by atoms with van der Waals surface area (Å²) in [5.74, 6) is 1.78. The van der Waals surface area contributed by atoms with Crippen molar-refractivity contribution >= 4 is 44.4 Å². The molecule has 0 bridgehead atoms. The smallest absolute Gasteiger partial charge is 0.207 e. The van der Waals surface area contributed by atoms with Crippen LogP contribution in [-0.4, -0.2) is 37.3 Å². The van der Waals surface area contributed by atoms with Crippen molar-refractivity contribution < 1.29 is 8.42 Å². The lowest BCUT2D eigenvalue weighted by molar-refractivity contribution is 0.443. The zero-order valence-corrected chi connectivity index (χ0v) is 12.4. The first-order valence-electron chi connectivity index (χ1n) is 4.94. The van der Waals surface area contributed by atoms with Crippen LogP contribution in [0.25, 0.3) is 0 Å². The average Bonchev–Trinajstić information content (AvgIpc) is 2.31. The SMILES string of the molecule is O=S(=O)(c1ccc(I)cc1)N1CCSCC1. The summed E-state index contributed by atoms with van der Waals surface area (Å²) in [7, 11) is -3.26. The molecule has 1 aromatic carbocycles. The van der Waals surface area contributed by atoms with Crippen molar-refractivity contribution in [1.29, 1.82) is 0 Å². The fourth-order valence-electron chi connectivity index (χ4n) is 1.54. The van der Waals surface area contributed by atoms with Crippen molar-refractivity contribution in [2.45, 2.75) is 4.90 Å². The van der Waals surface area contributed by atoms with Gasteiger partial charge in [-0.15, -0.1) is 0 Å². The molecular formula is C10H12INO2S2. The third-order valence-corrected chi connectivity index (χ3v) is 6.00. The molecule has 6 heteroatoms. The van der Waals surface area contributed by atoms with Crippen LogP contribution in [0, 0.1) is 3.57 Å². The van der Waals surface area contributed by atoms with Crippen LogP contribution >= 0.6 is 34.4 Å². The van der Waals surface area contributed by atoms with Crippen LogP contribution in [-0.2, 0) is 10.0 Å². The molecule has 16 heavy (non-hydrogen) atoms. The van der Waals surface area contributed by atoms with Gasteiger partial charge in [0, 0.05) is 28.2 Å². The highest BCUT2D eigenvalue weighted by Gasteiger charge is 2.25. The number of nitrogens with zero attached hydrogens (tertiary/aromatic N) is 1. The van der Waals surface area contributed by atoms with E-state index in [1.54, 1.807) is 28.2 Å². The molecule has 1 aliphatic heterocycles. The normalized spacial score (nSPS) is 18.6. The maximum absolute atomic E-state index is 12.2. The third-order valence-electron chi connectivity index (χ3n) is 2.42. The molecule has 2 rings (SSSR count). The maximum Gasteiger partial charge on any atom is 0.243 e. The Kier molecular flexibility index (Phi) is 4.15. The summed E-state index contributed by atoms with van der Waals surface area (Å²) in [5.41, 5.74) is 0. The second-order valence-electron chi connectivity index (χ2n) is 3.47. The highest BCUT2D eigenvalue weighted by atomic mass is 127. The maximum atomic E-state index is 12.2. The predicted molar refractivity (Wildman–Crippen MR) is 75.2 cm³/mol. The standard InChI is InChI=1S/C10H12INO2S2/c11-9-1-3-10(4-2-9)16(13,14)12-5-7-15-8-6-12/h1-4H,5-8H2. The van der Waals surface area contributed by atoms with Gasteiger partial charge in [-0.2, -0.15) is 16.1 Å². The number of benzene rings is 1. The highest BCUT2D eigenvalue weighted by Crippen LogP contribution is 2.20. The van der Waals surface area contributed by atoms with E-state index >= 15 is 0 Å². The molecule has 0 aliphatic carbocycles. The van der Waals surface area contributed by atoms with Gasteiger partial charge in [-0.25, -0.2) is 8.42 Å². The van der Waals surface area contributed by atoms with Crippen LogP contribution in [0.5, 0.6) is 0 Å². The molecule has 0 aromatic heterocycles. The van der Waals surface area contributed by atoms with E-state index < -0.39 is 10.0 Å². The van der Waals surface area contributed by atoms with E-state index in [1.807, 2.05) is 12.1 Å². The van der Waals surface area contributed by atoms with E-state index in [0.29, 0.717) is 18.0 Å². The number of sulfonamides is 1. The van der Waals surface area contributed by atoms with Crippen molar-refractivity contribution in [1.82, 2.24) is 4.31 Å². The molecule has 0 spiro atoms. The summed E-state index contributed by atoms with van der Waals surface area (Å²) in [4.78, 5) is 0.403. The Labute approximate surface area is 114 Å². The minimum Gasteiger partial charge on any atom is -0.207 e. The third kappa shape index (κ3) is 2.72. The Morgan fingerprint density at radius 1 is 1.12 bits per heavy atom. The molecule has 1 aliphatic rings. The van der Waals surface area contributed by atoms with Crippen molar-refractivity contribution in [2.75, 3.05) is 24.6 Å². The lowest BCUT2D eigenvalue weighted by atomic mass is 10.4. The van der Waals surface area contributed by atoms with Gasteiger partial charge in [0.2, 0.25) is 10.0 Å². The number of thioether (sulfide) groups is 1. The molecule has 1 fully saturated rings. The quantitative estimate of drug-likeness (QED) is 0.749. The summed E-state index contributed by atoms with van der Waals surface area (Å²) < 4.78 is 27.0. The summed E-state index contributed by atoms with van der Waals surface area (Å²) in [5, 5.41) is 0. The Balaban J connectivity index is 2.27. The second-order valence-corrected chi connectivity index (χ2v) is 7.88. The van der Waals surface area contributed by atoms with Crippen molar-refractivity contribution in [3.8, 4) is 0 Å². The van der Waals surface area contributed by atoms with E-state index in [1.165, 1.54) is 0 Å². The van der Waals surface area contributed by atoms with Gasteiger partial charge in [0.15, 0.2) is 0 Å². The first-order chi connectivity index (χ1) is 7.60. The molecule has 0 atom stereocenters. The van der Waals surface area contributed by atoms with E-state index in [2.05, 4.69) is 22.6 Å². The number of halogens is 1. The molecule has 0 unspecified atom stereocenters. The van der Waals surface area contributed by atoms with Gasteiger partial charge in [0.1, 0.15) is 0 Å². The molecule has 0 radical (unpaired) electrons. The van der Waals surface area contributed by atoms with Crippen molar-refractivity contribution in [2.24, 2.45) is 0 Å². The fourth-order valence-corrected chi connectivity index (χ4v) is 4.48. The van der Waals surface area contributed by atoms with Gasteiger partial charge in [-0.3, -0.25) is 0 Å². The van der Waals surface area contributed by atoms with Crippen LogP contribution in [0.3, 0.4) is 0 Å². The van der Waals surface area contributed by atoms with Crippen LogP contribution in [0.1, 0.15) is 0 Å². The zero-order chi connectivity index (χ0) is 11.6. The molecular weight excluding hydrogens is 357 g/mol. The fraction of sp³-hybridized carbons (Fsp3) is 0.400.